The number of ether oxygens (including phenoxy) is 1. The van der Waals surface area contributed by atoms with Crippen molar-refractivity contribution in [2.24, 2.45) is 22.7 Å². The van der Waals surface area contributed by atoms with E-state index in [1.807, 2.05) is 18.2 Å². The first-order chi connectivity index (χ1) is 9.86. The fourth-order valence-electron chi connectivity index (χ4n) is 4.35. The number of rotatable bonds is 3. The van der Waals surface area contributed by atoms with Crippen LogP contribution in [-0.4, -0.2) is 11.8 Å². The summed E-state index contributed by atoms with van der Waals surface area (Å²) >= 11 is 0. The lowest BCUT2D eigenvalue weighted by Crippen LogP contribution is -2.34. The largest absolute Gasteiger partial charge is 0.427 e. The topological polar surface area (TPSA) is 43.4 Å². The number of fused-ring (bicyclic) bond motifs is 2. The Kier molecular flexibility index (Phi) is 3.19. The number of hydrogen-bond acceptors (Lipinski definition) is 3. The molecule has 21 heavy (non-hydrogen) atoms. The third kappa shape index (κ3) is 2.02. The summed E-state index contributed by atoms with van der Waals surface area (Å²) in [6.07, 6.45) is 2.20. The SMILES string of the molecule is CC1(C)[C@H]2CC[C@]1(C)C(=O)[C@H]2CC(=O)Oc1ccccc1. The lowest BCUT2D eigenvalue weighted by Gasteiger charge is -2.32. The number of esters is 1. The van der Waals surface area contributed by atoms with Crippen LogP contribution < -0.4 is 4.74 Å². The molecular weight excluding hydrogens is 264 g/mol. The maximum absolute atomic E-state index is 12.7. The fourth-order valence-corrected chi connectivity index (χ4v) is 4.35. The number of ketones is 1. The van der Waals surface area contributed by atoms with Gasteiger partial charge in [-0.05, 0) is 36.3 Å². The van der Waals surface area contributed by atoms with Crippen LogP contribution in [0.15, 0.2) is 30.3 Å². The zero-order valence-electron chi connectivity index (χ0n) is 12.9. The summed E-state index contributed by atoms with van der Waals surface area (Å²) in [5.41, 5.74) is -0.281. The zero-order valence-corrected chi connectivity index (χ0v) is 12.9. The highest BCUT2D eigenvalue weighted by molar-refractivity contribution is 5.94. The molecule has 2 aliphatic carbocycles. The molecule has 3 rings (SSSR count). The molecule has 3 atom stereocenters. The first-order valence-corrected chi connectivity index (χ1v) is 7.66. The van der Waals surface area contributed by atoms with E-state index in [-0.39, 0.29) is 34.9 Å². The van der Waals surface area contributed by atoms with E-state index in [2.05, 4.69) is 20.8 Å². The molecule has 0 aromatic heterocycles. The van der Waals surface area contributed by atoms with E-state index in [1.165, 1.54) is 0 Å². The smallest absolute Gasteiger partial charge is 0.311 e. The Bertz CT molecular complexity index is 575. The number of carbonyl (C=O) groups is 2. The Labute approximate surface area is 125 Å². The Morgan fingerprint density at radius 3 is 2.48 bits per heavy atom. The molecule has 1 aromatic rings. The minimum atomic E-state index is -0.300. The van der Waals surface area contributed by atoms with Gasteiger partial charge in [-0.25, -0.2) is 0 Å². The fraction of sp³-hybridized carbons (Fsp3) is 0.556. The molecule has 0 heterocycles. The normalized spacial score (nSPS) is 33.2. The van der Waals surface area contributed by atoms with E-state index in [9.17, 15) is 9.59 Å². The summed E-state index contributed by atoms with van der Waals surface area (Å²) in [7, 11) is 0. The van der Waals surface area contributed by atoms with Gasteiger partial charge in [0, 0.05) is 11.3 Å². The van der Waals surface area contributed by atoms with Gasteiger partial charge in [-0.15, -0.1) is 0 Å². The Morgan fingerprint density at radius 1 is 1.24 bits per heavy atom. The third-order valence-electron chi connectivity index (χ3n) is 6.03. The lowest BCUT2D eigenvalue weighted by molar-refractivity contribution is -0.140. The van der Waals surface area contributed by atoms with E-state index >= 15 is 0 Å². The van der Waals surface area contributed by atoms with Crippen molar-refractivity contribution in [1.29, 1.82) is 0 Å². The van der Waals surface area contributed by atoms with Crippen molar-refractivity contribution < 1.29 is 14.3 Å². The summed E-state index contributed by atoms with van der Waals surface area (Å²) in [6, 6.07) is 9.04. The van der Waals surface area contributed by atoms with Crippen LogP contribution >= 0.6 is 0 Å². The molecule has 2 saturated carbocycles. The van der Waals surface area contributed by atoms with E-state index in [1.54, 1.807) is 12.1 Å². The van der Waals surface area contributed by atoms with Gasteiger partial charge in [0.15, 0.2) is 0 Å². The first kappa shape index (κ1) is 14.3. The van der Waals surface area contributed by atoms with E-state index < -0.39 is 0 Å². The van der Waals surface area contributed by atoms with E-state index in [0.717, 1.165) is 12.8 Å². The molecule has 0 spiro atoms. The molecule has 1 aromatic carbocycles. The maximum Gasteiger partial charge on any atom is 0.311 e. The van der Waals surface area contributed by atoms with Crippen LogP contribution in [0.2, 0.25) is 0 Å². The van der Waals surface area contributed by atoms with Gasteiger partial charge in [0.05, 0.1) is 6.42 Å². The van der Waals surface area contributed by atoms with Gasteiger partial charge in [0.2, 0.25) is 0 Å². The maximum atomic E-state index is 12.7. The van der Waals surface area contributed by atoms with Crippen LogP contribution in [0.1, 0.15) is 40.0 Å². The molecule has 0 radical (unpaired) electrons. The highest BCUT2D eigenvalue weighted by Crippen LogP contribution is 2.66. The monoisotopic (exact) mass is 286 g/mol. The molecular formula is C18H22O3. The van der Waals surface area contributed by atoms with Crippen molar-refractivity contribution in [2.75, 3.05) is 0 Å². The number of benzene rings is 1. The van der Waals surface area contributed by atoms with Crippen LogP contribution in [0.5, 0.6) is 5.75 Å². The molecule has 0 unspecified atom stereocenters. The van der Waals surface area contributed by atoms with Gasteiger partial charge < -0.3 is 4.74 Å². The Balaban J connectivity index is 1.72. The summed E-state index contributed by atoms with van der Waals surface area (Å²) < 4.78 is 5.34. The second-order valence-electron chi connectivity index (χ2n) is 7.16. The minimum Gasteiger partial charge on any atom is -0.427 e. The van der Waals surface area contributed by atoms with Crippen molar-refractivity contribution in [2.45, 2.75) is 40.0 Å². The van der Waals surface area contributed by atoms with Gasteiger partial charge in [-0.3, -0.25) is 9.59 Å². The van der Waals surface area contributed by atoms with Gasteiger partial charge in [0.25, 0.3) is 0 Å². The average Bonchev–Trinajstić information content (AvgIpc) is 2.74. The standard InChI is InChI=1S/C18H22O3/c1-17(2)14-9-10-18(17,3)16(20)13(14)11-15(19)21-12-7-5-4-6-8-12/h4-8,13-14H,9-11H2,1-3H3/t13-,14-,18+/m0/s1. The van der Waals surface area contributed by atoms with Crippen molar-refractivity contribution >= 4 is 11.8 Å². The summed E-state index contributed by atoms with van der Waals surface area (Å²) in [5, 5.41) is 0. The van der Waals surface area contributed by atoms with E-state index in [0.29, 0.717) is 11.7 Å². The highest BCUT2D eigenvalue weighted by atomic mass is 16.5. The highest BCUT2D eigenvalue weighted by Gasteiger charge is 2.66. The zero-order chi connectivity index (χ0) is 15.3. The number of hydrogen-bond donors (Lipinski definition) is 0. The predicted octanol–water partition coefficient (Wildman–Crippen LogP) is 3.62. The molecule has 3 nitrogen and oxygen atoms in total. The van der Waals surface area contributed by atoms with Crippen LogP contribution in [0, 0.1) is 22.7 Å². The molecule has 0 aliphatic heterocycles. The van der Waals surface area contributed by atoms with Gasteiger partial charge >= 0.3 is 5.97 Å². The first-order valence-electron chi connectivity index (χ1n) is 7.66. The van der Waals surface area contributed by atoms with Gasteiger partial charge in [-0.1, -0.05) is 39.0 Å². The summed E-state index contributed by atoms with van der Waals surface area (Å²) in [4.78, 5) is 24.8. The average molecular weight is 286 g/mol. The van der Waals surface area contributed by atoms with Crippen molar-refractivity contribution in [3.8, 4) is 5.75 Å². The van der Waals surface area contributed by atoms with Crippen LogP contribution in [0.25, 0.3) is 0 Å². The van der Waals surface area contributed by atoms with E-state index in [4.69, 9.17) is 4.74 Å². The molecule has 3 heteroatoms. The van der Waals surface area contributed by atoms with Crippen LogP contribution in [0.4, 0.5) is 0 Å². The number of Topliss-reactive ketones (excluding diaryl/α,β-unsaturated/α-hetero) is 1. The molecule has 2 aliphatic rings. The third-order valence-corrected chi connectivity index (χ3v) is 6.03. The Morgan fingerprint density at radius 2 is 1.90 bits per heavy atom. The molecule has 0 N–H and O–H groups in total. The van der Waals surface area contributed by atoms with Gasteiger partial charge in [-0.2, -0.15) is 0 Å². The number of para-hydroxylation sites is 1. The van der Waals surface area contributed by atoms with Crippen molar-refractivity contribution in [3.63, 3.8) is 0 Å². The van der Waals surface area contributed by atoms with Crippen LogP contribution in [0.3, 0.4) is 0 Å². The van der Waals surface area contributed by atoms with Gasteiger partial charge in [0.1, 0.15) is 11.5 Å². The summed E-state index contributed by atoms with van der Waals surface area (Å²) in [6.45, 7) is 6.41. The second-order valence-corrected chi connectivity index (χ2v) is 7.16. The molecule has 112 valence electrons. The second kappa shape index (κ2) is 4.69. The lowest BCUT2D eigenvalue weighted by atomic mass is 9.70. The van der Waals surface area contributed by atoms with Crippen LogP contribution in [-0.2, 0) is 9.59 Å². The number of carbonyl (C=O) groups excluding carboxylic acids is 2. The predicted molar refractivity (Wildman–Crippen MR) is 79.8 cm³/mol. The summed E-state index contributed by atoms with van der Waals surface area (Å²) in [5.74, 6) is 0.636. The molecule has 0 amide bonds. The molecule has 2 bridgehead atoms. The quantitative estimate of drug-likeness (QED) is 0.629. The molecule has 2 fully saturated rings. The van der Waals surface area contributed by atoms with Crippen molar-refractivity contribution in [3.05, 3.63) is 30.3 Å². The molecule has 0 saturated heterocycles. The minimum absolute atomic E-state index is 0.0121. The van der Waals surface area contributed by atoms with Crippen molar-refractivity contribution in [1.82, 2.24) is 0 Å². The Hall–Kier alpha value is -1.64.